The fourth-order valence-corrected chi connectivity index (χ4v) is 2.85. The van der Waals surface area contributed by atoms with Gasteiger partial charge < -0.3 is 5.32 Å². The molecule has 1 amide bonds. The van der Waals surface area contributed by atoms with E-state index in [1.807, 2.05) is 0 Å². The Bertz CT molecular complexity index is 652. The molecule has 116 valence electrons. The molecule has 1 aliphatic rings. The molecule has 0 aromatic heterocycles. The van der Waals surface area contributed by atoms with Gasteiger partial charge in [0.1, 0.15) is 0 Å². The van der Waals surface area contributed by atoms with E-state index in [9.17, 15) is 26.4 Å². The summed E-state index contributed by atoms with van der Waals surface area (Å²) in [4.78, 5) is 11.8. The largest absolute Gasteiger partial charge is 0.418 e. The molecule has 9 heteroatoms. The SMILES string of the molecule is CS(=O)(=O)N1CC(C(=O)Nc2ccccc2C(F)(F)F)C1. The standard InChI is InChI=1S/C12H13F3N2O3S/c1-21(19,20)17-6-8(7-17)11(18)16-10-5-3-2-4-9(10)12(13,14)15/h2-5,8H,6-7H2,1H3,(H,16,18). The van der Waals surface area contributed by atoms with E-state index in [0.717, 1.165) is 22.7 Å². The maximum atomic E-state index is 12.8. The number of nitrogens with zero attached hydrogens (tertiary/aromatic N) is 1. The topological polar surface area (TPSA) is 66.5 Å². The van der Waals surface area contributed by atoms with Crippen LogP contribution >= 0.6 is 0 Å². The van der Waals surface area contributed by atoms with Crippen molar-refractivity contribution in [2.45, 2.75) is 6.18 Å². The van der Waals surface area contributed by atoms with Crippen molar-refractivity contribution in [3.63, 3.8) is 0 Å². The highest BCUT2D eigenvalue weighted by molar-refractivity contribution is 7.88. The van der Waals surface area contributed by atoms with Crippen molar-refractivity contribution in [3.05, 3.63) is 29.8 Å². The van der Waals surface area contributed by atoms with Crippen molar-refractivity contribution in [2.75, 3.05) is 24.7 Å². The van der Waals surface area contributed by atoms with Gasteiger partial charge in [-0.1, -0.05) is 12.1 Å². The summed E-state index contributed by atoms with van der Waals surface area (Å²) in [6.07, 6.45) is -3.55. The van der Waals surface area contributed by atoms with Gasteiger partial charge in [0.05, 0.1) is 23.4 Å². The zero-order chi connectivity index (χ0) is 15.8. The molecule has 0 unspecified atom stereocenters. The van der Waals surface area contributed by atoms with Gasteiger partial charge in [-0.2, -0.15) is 13.2 Å². The van der Waals surface area contributed by atoms with Gasteiger partial charge in [0.25, 0.3) is 0 Å². The van der Waals surface area contributed by atoms with E-state index in [4.69, 9.17) is 0 Å². The maximum Gasteiger partial charge on any atom is 0.418 e. The molecule has 21 heavy (non-hydrogen) atoms. The lowest BCUT2D eigenvalue weighted by molar-refractivity contribution is -0.137. The Morgan fingerprint density at radius 3 is 2.38 bits per heavy atom. The van der Waals surface area contributed by atoms with E-state index in [1.54, 1.807) is 0 Å². The summed E-state index contributed by atoms with van der Waals surface area (Å²) < 4.78 is 61.8. The molecule has 1 fully saturated rings. The Morgan fingerprint density at radius 1 is 1.29 bits per heavy atom. The highest BCUT2D eigenvalue weighted by Crippen LogP contribution is 2.35. The zero-order valence-electron chi connectivity index (χ0n) is 11.0. The van der Waals surface area contributed by atoms with E-state index in [1.165, 1.54) is 12.1 Å². The molecule has 1 N–H and O–H groups in total. The summed E-state index contributed by atoms with van der Waals surface area (Å²) in [5.41, 5.74) is -1.26. The number of halogens is 3. The van der Waals surface area contributed by atoms with Crippen LogP contribution in [-0.2, 0) is 21.0 Å². The summed E-state index contributed by atoms with van der Waals surface area (Å²) in [6.45, 7) is -0.0301. The van der Waals surface area contributed by atoms with Crippen LogP contribution in [0.1, 0.15) is 5.56 Å². The van der Waals surface area contributed by atoms with Gasteiger partial charge in [-0.05, 0) is 12.1 Å². The van der Waals surface area contributed by atoms with Crippen LogP contribution in [0.2, 0.25) is 0 Å². The Hall–Kier alpha value is -1.61. The molecule has 1 aromatic carbocycles. The highest BCUT2D eigenvalue weighted by atomic mass is 32.2. The van der Waals surface area contributed by atoms with Crippen LogP contribution in [0.25, 0.3) is 0 Å². The number of anilines is 1. The van der Waals surface area contributed by atoms with Crippen molar-refractivity contribution in [3.8, 4) is 0 Å². The number of amides is 1. The van der Waals surface area contributed by atoms with Crippen LogP contribution in [0, 0.1) is 5.92 Å². The quantitative estimate of drug-likeness (QED) is 0.918. The first-order chi connectivity index (χ1) is 9.59. The molecule has 2 rings (SSSR count). The number of carbonyl (C=O) groups is 1. The predicted octanol–water partition coefficient (Wildman–Crippen LogP) is 1.54. The van der Waals surface area contributed by atoms with E-state index in [2.05, 4.69) is 5.32 Å². The summed E-state index contributed by atoms with van der Waals surface area (Å²) in [6, 6.07) is 4.65. The Kier molecular flexibility index (Phi) is 3.98. The molecule has 0 atom stereocenters. The zero-order valence-corrected chi connectivity index (χ0v) is 11.8. The molecular formula is C12H13F3N2O3S. The van der Waals surface area contributed by atoms with Gasteiger partial charge in [0.15, 0.2) is 0 Å². The van der Waals surface area contributed by atoms with Crippen molar-refractivity contribution in [1.29, 1.82) is 0 Å². The second kappa shape index (κ2) is 5.30. The highest BCUT2D eigenvalue weighted by Gasteiger charge is 2.39. The number of rotatable bonds is 3. The van der Waals surface area contributed by atoms with Crippen molar-refractivity contribution < 1.29 is 26.4 Å². The lowest BCUT2D eigenvalue weighted by Crippen LogP contribution is -2.53. The fraction of sp³-hybridized carbons (Fsp3) is 0.417. The minimum absolute atomic E-state index is 0.0150. The second-order valence-electron chi connectivity index (χ2n) is 4.81. The molecule has 0 saturated carbocycles. The minimum Gasteiger partial charge on any atom is -0.325 e. The smallest absolute Gasteiger partial charge is 0.325 e. The predicted molar refractivity (Wildman–Crippen MR) is 70.0 cm³/mol. The van der Waals surface area contributed by atoms with Gasteiger partial charge in [-0.25, -0.2) is 12.7 Å². The lowest BCUT2D eigenvalue weighted by Gasteiger charge is -2.36. The van der Waals surface area contributed by atoms with Crippen LogP contribution in [0.3, 0.4) is 0 Å². The van der Waals surface area contributed by atoms with Crippen LogP contribution < -0.4 is 5.32 Å². The fourth-order valence-electron chi connectivity index (χ4n) is 1.95. The first kappa shape index (κ1) is 15.8. The number of sulfonamides is 1. The summed E-state index contributed by atoms with van der Waals surface area (Å²) in [5.74, 6) is -1.26. The molecule has 0 aliphatic carbocycles. The van der Waals surface area contributed by atoms with Crippen LogP contribution in [0.4, 0.5) is 18.9 Å². The van der Waals surface area contributed by atoms with Gasteiger partial charge in [0, 0.05) is 13.1 Å². The van der Waals surface area contributed by atoms with E-state index < -0.39 is 33.6 Å². The molecular weight excluding hydrogens is 309 g/mol. The first-order valence-corrected chi connectivity index (χ1v) is 7.86. The molecule has 5 nitrogen and oxygen atoms in total. The summed E-state index contributed by atoms with van der Waals surface area (Å²) in [5, 5.41) is 2.21. The van der Waals surface area contributed by atoms with Crippen LogP contribution in [-0.4, -0.2) is 38.0 Å². The van der Waals surface area contributed by atoms with Crippen molar-refractivity contribution in [1.82, 2.24) is 4.31 Å². The Labute approximate surface area is 119 Å². The number of nitrogens with one attached hydrogen (secondary N) is 1. The van der Waals surface area contributed by atoms with Crippen molar-refractivity contribution >= 4 is 21.6 Å². The van der Waals surface area contributed by atoms with E-state index in [0.29, 0.717) is 0 Å². The Morgan fingerprint density at radius 2 is 1.86 bits per heavy atom. The molecule has 0 bridgehead atoms. The first-order valence-electron chi connectivity index (χ1n) is 6.01. The third-order valence-electron chi connectivity index (χ3n) is 3.18. The van der Waals surface area contributed by atoms with Crippen molar-refractivity contribution in [2.24, 2.45) is 5.92 Å². The molecule has 1 aliphatic heterocycles. The summed E-state index contributed by atoms with van der Waals surface area (Å²) in [7, 11) is -3.36. The molecule has 0 radical (unpaired) electrons. The average molecular weight is 322 g/mol. The molecule has 1 saturated heterocycles. The van der Waals surface area contributed by atoms with Crippen LogP contribution in [0.15, 0.2) is 24.3 Å². The van der Waals surface area contributed by atoms with E-state index >= 15 is 0 Å². The average Bonchev–Trinajstić information content (AvgIpc) is 2.23. The van der Waals surface area contributed by atoms with Gasteiger partial charge in [-0.3, -0.25) is 4.79 Å². The summed E-state index contributed by atoms with van der Waals surface area (Å²) >= 11 is 0. The Balaban J connectivity index is 2.06. The third-order valence-corrected chi connectivity index (χ3v) is 4.41. The minimum atomic E-state index is -4.57. The van der Waals surface area contributed by atoms with E-state index in [-0.39, 0.29) is 18.8 Å². The number of hydrogen-bond donors (Lipinski definition) is 1. The van der Waals surface area contributed by atoms with Crippen LogP contribution in [0.5, 0.6) is 0 Å². The third kappa shape index (κ3) is 3.53. The molecule has 0 spiro atoms. The van der Waals surface area contributed by atoms with Gasteiger partial charge in [0.2, 0.25) is 15.9 Å². The van der Waals surface area contributed by atoms with Gasteiger partial charge in [-0.15, -0.1) is 0 Å². The monoisotopic (exact) mass is 322 g/mol. The molecule has 1 heterocycles. The second-order valence-corrected chi connectivity index (χ2v) is 6.79. The number of hydrogen-bond acceptors (Lipinski definition) is 3. The lowest BCUT2D eigenvalue weighted by atomic mass is 10.0. The maximum absolute atomic E-state index is 12.8. The normalized spacial score (nSPS) is 17.3. The number of benzene rings is 1. The number of carbonyl (C=O) groups excluding carboxylic acids is 1. The molecule has 1 aromatic rings. The van der Waals surface area contributed by atoms with Gasteiger partial charge >= 0.3 is 6.18 Å². The number of alkyl halides is 3. The number of para-hydroxylation sites is 1.